The standard InChI is InChI=1S/C10H15N3O2/c1-3-13-8(7-15-10(13)14)6-9-11-4-5-12(9)2/h4-5,8H,3,6-7H2,1-2H3/t8-/m0/s1. The minimum atomic E-state index is -0.211. The van der Waals surface area contributed by atoms with Crippen molar-refractivity contribution in [3.8, 4) is 0 Å². The van der Waals surface area contributed by atoms with E-state index in [1.807, 2.05) is 24.7 Å². The quantitative estimate of drug-likeness (QED) is 0.740. The molecular weight excluding hydrogens is 194 g/mol. The Morgan fingerprint density at radius 2 is 2.47 bits per heavy atom. The average Bonchev–Trinajstić information content (AvgIpc) is 2.76. The van der Waals surface area contributed by atoms with E-state index in [1.165, 1.54) is 0 Å². The van der Waals surface area contributed by atoms with E-state index in [-0.39, 0.29) is 12.1 Å². The normalized spacial score (nSPS) is 20.8. The summed E-state index contributed by atoms with van der Waals surface area (Å²) in [5.41, 5.74) is 0. The molecule has 0 unspecified atom stereocenters. The second-order valence-corrected chi connectivity index (χ2v) is 3.68. The predicted octanol–water partition coefficient (Wildman–Crippen LogP) is 0.803. The highest BCUT2D eigenvalue weighted by molar-refractivity contribution is 5.70. The third-order valence-corrected chi connectivity index (χ3v) is 2.75. The largest absolute Gasteiger partial charge is 0.447 e. The van der Waals surface area contributed by atoms with Gasteiger partial charge in [-0.1, -0.05) is 0 Å². The first-order valence-corrected chi connectivity index (χ1v) is 5.12. The highest BCUT2D eigenvalue weighted by Gasteiger charge is 2.32. The van der Waals surface area contributed by atoms with Gasteiger partial charge in [0, 0.05) is 32.4 Å². The summed E-state index contributed by atoms with van der Waals surface area (Å²) < 4.78 is 6.98. The van der Waals surface area contributed by atoms with Gasteiger partial charge in [-0.25, -0.2) is 9.78 Å². The molecule has 1 atom stereocenters. The summed E-state index contributed by atoms with van der Waals surface area (Å²) in [4.78, 5) is 17.3. The van der Waals surface area contributed by atoms with Gasteiger partial charge in [0.15, 0.2) is 0 Å². The fraction of sp³-hybridized carbons (Fsp3) is 0.600. The average molecular weight is 209 g/mol. The van der Waals surface area contributed by atoms with Crippen LogP contribution >= 0.6 is 0 Å². The van der Waals surface area contributed by atoms with Crippen LogP contribution < -0.4 is 0 Å². The van der Waals surface area contributed by atoms with Crippen LogP contribution in [0.4, 0.5) is 4.79 Å². The van der Waals surface area contributed by atoms with Gasteiger partial charge in [-0.05, 0) is 6.92 Å². The first-order chi connectivity index (χ1) is 7.22. The molecule has 1 amide bonds. The SMILES string of the molecule is CCN1C(=O)OC[C@@H]1Cc1nccn1C. The van der Waals surface area contributed by atoms with Gasteiger partial charge in [-0.15, -0.1) is 0 Å². The maximum Gasteiger partial charge on any atom is 0.410 e. The molecule has 0 radical (unpaired) electrons. The molecule has 82 valence electrons. The Hall–Kier alpha value is -1.52. The summed E-state index contributed by atoms with van der Waals surface area (Å²) in [5.74, 6) is 0.983. The van der Waals surface area contributed by atoms with Gasteiger partial charge in [0.2, 0.25) is 0 Å². The third-order valence-electron chi connectivity index (χ3n) is 2.75. The molecule has 2 rings (SSSR count). The van der Waals surface area contributed by atoms with Crippen LogP contribution in [0.3, 0.4) is 0 Å². The Morgan fingerprint density at radius 3 is 3.07 bits per heavy atom. The fourth-order valence-corrected chi connectivity index (χ4v) is 1.85. The van der Waals surface area contributed by atoms with E-state index in [0.717, 1.165) is 12.2 Å². The zero-order chi connectivity index (χ0) is 10.8. The Labute approximate surface area is 88.7 Å². The van der Waals surface area contributed by atoms with Crippen molar-refractivity contribution in [2.24, 2.45) is 7.05 Å². The van der Waals surface area contributed by atoms with Gasteiger partial charge in [0.05, 0.1) is 6.04 Å². The molecule has 0 bridgehead atoms. The van der Waals surface area contributed by atoms with E-state index in [0.29, 0.717) is 13.2 Å². The number of hydrogen-bond acceptors (Lipinski definition) is 3. The molecule has 0 aliphatic carbocycles. The van der Waals surface area contributed by atoms with E-state index in [1.54, 1.807) is 11.1 Å². The molecule has 15 heavy (non-hydrogen) atoms. The molecule has 1 aromatic heterocycles. The second-order valence-electron chi connectivity index (χ2n) is 3.68. The summed E-state index contributed by atoms with van der Waals surface area (Å²) in [6.45, 7) is 3.12. The molecule has 0 aromatic carbocycles. The molecular formula is C10H15N3O2. The predicted molar refractivity (Wildman–Crippen MR) is 54.4 cm³/mol. The number of likely N-dealkylation sites (N-methyl/N-ethyl adjacent to an activating group) is 1. The van der Waals surface area contributed by atoms with Crippen LogP contribution in [0.25, 0.3) is 0 Å². The number of hydrogen-bond donors (Lipinski definition) is 0. The number of aryl methyl sites for hydroxylation is 1. The number of amides is 1. The molecule has 0 spiro atoms. The highest BCUT2D eigenvalue weighted by Crippen LogP contribution is 2.15. The van der Waals surface area contributed by atoms with Crippen LogP contribution in [-0.2, 0) is 18.2 Å². The highest BCUT2D eigenvalue weighted by atomic mass is 16.6. The van der Waals surface area contributed by atoms with Crippen molar-refractivity contribution >= 4 is 6.09 Å². The molecule has 1 fully saturated rings. The van der Waals surface area contributed by atoms with Gasteiger partial charge in [0.25, 0.3) is 0 Å². The monoisotopic (exact) mass is 209 g/mol. The minimum absolute atomic E-state index is 0.128. The van der Waals surface area contributed by atoms with E-state index in [9.17, 15) is 4.79 Å². The molecule has 1 aliphatic heterocycles. The van der Waals surface area contributed by atoms with Gasteiger partial charge in [-0.3, -0.25) is 0 Å². The lowest BCUT2D eigenvalue weighted by Crippen LogP contribution is -2.35. The summed E-state index contributed by atoms with van der Waals surface area (Å²) in [5, 5.41) is 0. The van der Waals surface area contributed by atoms with Crippen molar-refractivity contribution in [1.82, 2.24) is 14.5 Å². The van der Waals surface area contributed by atoms with Crippen LogP contribution in [0, 0.1) is 0 Å². The number of ether oxygens (including phenoxy) is 1. The van der Waals surface area contributed by atoms with Crippen molar-refractivity contribution in [3.63, 3.8) is 0 Å². The van der Waals surface area contributed by atoms with Crippen LogP contribution in [0.5, 0.6) is 0 Å². The molecule has 5 heteroatoms. The maximum atomic E-state index is 11.3. The zero-order valence-electron chi connectivity index (χ0n) is 9.01. The third kappa shape index (κ3) is 1.82. The lowest BCUT2D eigenvalue weighted by atomic mass is 10.2. The first kappa shape index (κ1) is 10.0. The second kappa shape index (κ2) is 3.92. The van der Waals surface area contributed by atoms with Crippen LogP contribution in [0.1, 0.15) is 12.7 Å². The lowest BCUT2D eigenvalue weighted by Gasteiger charge is -2.18. The number of rotatable bonds is 3. The smallest absolute Gasteiger partial charge is 0.410 e. The number of aromatic nitrogens is 2. The number of nitrogens with zero attached hydrogens (tertiary/aromatic N) is 3. The van der Waals surface area contributed by atoms with Crippen LogP contribution in [-0.4, -0.2) is 39.7 Å². The van der Waals surface area contributed by atoms with Crippen molar-refractivity contribution < 1.29 is 9.53 Å². The van der Waals surface area contributed by atoms with Crippen LogP contribution in [0.15, 0.2) is 12.4 Å². The van der Waals surface area contributed by atoms with Gasteiger partial charge >= 0.3 is 6.09 Å². The lowest BCUT2D eigenvalue weighted by molar-refractivity contribution is 0.159. The summed E-state index contributed by atoms with van der Waals surface area (Å²) in [7, 11) is 1.95. The summed E-state index contributed by atoms with van der Waals surface area (Å²) in [6, 6.07) is 0.128. The van der Waals surface area contributed by atoms with Crippen molar-refractivity contribution in [3.05, 3.63) is 18.2 Å². The molecule has 0 N–H and O–H groups in total. The van der Waals surface area contributed by atoms with Gasteiger partial charge in [0.1, 0.15) is 12.4 Å². The van der Waals surface area contributed by atoms with Crippen LogP contribution in [0.2, 0.25) is 0 Å². The Balaban J connectivity index is 2.06. The Bertz CT molecular complexity index is 361. The van der Waals surface area contributed by atoms with Crippen molar-refractivity contribution in [1.29, 1.82) is 0 Å². The Morgan fingerprint density at radius 1 is 1.67 bits per heavy atom. The fourth-order valence-electron chi connectivity index (χ4n) is 1.85. The topological polar surface area (TPSA) is 47.4 Å². The number of carbonyl (C=O) groups is 1. The van der Waals surface area contributed by atoms with Gasteiger partial charge < -0.3 is 14.2 Å². The van der Waals surface area contributed by atoms with E-state index in [2.05, 4.69) is 4.98 Å². The van der Waals surface area contributed by atoms with Gasteiger partial charge in [-0.2, -0.15) is 0 Å². The molecule has 1 aliphatic rings. The van der Waals surface area contributed by atoms with E-state index in [4.69, 9.17) is 4.74 Å². The number of cyclic esters (lactones) is 1. The molecule has 0 saturated carbocycles. The molecule has 1 aromatic rings. The zero-order valence-corrected chi connectivity index (χ0v) is 9.01. The van der Waals surface area contributed by atoms with E-state index >= 15 is 0 Å². The minimum Gasteiger partial charge on any atom is -0.447 e. The van der Waals surface area contributed by atoms with Crippen molar-refractivity contribution in [2.45, 2.75) is 19.4 Å². The van der Waals surface area contributed by atoms with Crippen molar-refractivity contribution in [2.75, 3.05) is 13.2 Å². The maximum absolute atomic E-state index is 11.3. The molecule has 1 saturated heterocycles. The Kier molecular flexibility index (Phi) is 2.62. The first-order valence-electron chi connectivity index (χ1n) is 5.12. The number of imidazole rings is 1. The molecule has 5 nitrogen and oxygen atoms in total. The summed E-state index contributed by atoms with van der Waals surface area (Å²) in [6.07, 6.45) is 4.21. The summed E-state index contributed by atoms with van der Waals surface area (Å²) >= 11 is 0. The molecule has 2 heterocycles. The van der Waals surface area contributed by atoms with E-state index < -0.39 is 0 Å². The number of carbonyl (C=O) groups excluding carboxylic acids is 1.